The van der Waals surface area contributed by atoms with Gasteiger partial charge in [0.15, 0.2) is 0 Å². The van der Waals surface area contributed by atoms with Gasteiger partial charge in [0.05, 0.1) is 5.56 Å². The quantitative estimate of drug-likeness (QED) is 0.560. The van der Waals surface area contributed by atoms with Crippen LogP contribution in [-0.2, 0) is 6.18 Å². The molecule has 0 bridgehead atoms. The minimum absolute atomic E-state index is 0.108. The van der Waals surface area contributed by atoms with Crippen molar-refractivity contribution in [3.05, 3.63) is 35.1 Å². The molecular formula is C14H17F4N. The van der Waals surface area contributed by atoms with E-state index in [1.165, 1.54) is 6.21 Å². The number of hydrogen-bond donors (Lipinski definition) is 0. The van der Waals surface area contributed by atoms with E-state index in [-0.39, 0.29) is 11.0 Å². The van der Waals surface area contributed by atoms with Gasteiger partial charge in [0.25, 0.3) is 0 Å². The molecule has 1 rings (SSSR count). The lowest BCUT2D eigenvalue weighted by atomic mass is 9.92. The summed E-state index contributed by atoms with van der Waals surface area (Å²) in [5.41, 5.74) is -0.762. The van der Waals surface area contributed by atoms with Crippen LogP contribution in [-0.4, -0.2) is 12.8 Å². The van der Waals surface area contributed by atoms with Crippen molar-refractivity contribution >= 4 is 6.21 Å². The van der Waals surface area contributed by atoms with Gasteiger partial charge in [-0.15, -0.1) is 0 Å². The highest BCUT2D eigenvalue weighted by Crippen LogP contribution is 2.30. The zero-order valence-electron chi connectivity index (χ0n) is 11.2. The van der Waals surface area contributed by atoms with Crippen molar-refractivity contribution in [1.29, 1.82) is 0 Å². The molecule has 0 aromatic heterocycles. The third kappa shape index (κ3) is 5.85. The lowest BCUT2D eigenvalue weighted by Crippen LogP contribution is -2.07. The Bertz CT molecular complexity index is 455. The molecule has 1 aromatic carbocycles. The van der Waals surface area contributed by atoms with Gasteiger partial charge < -0.3 is 0 Å². The molecule has 0 heterocycles. The van der Waals surface area contributed by atoms with Crippen molar-refractivity contribution in [3.63, 3.8) is 0 Å². The van der Waals surface area contributed by atoms with E-state index >= 15 is 0 Å². The monoisotopic (exact) mass is 275 g/mol. The van der Waals surface area contributed by atoms with E-state index in [0.717, 1.165) is 18.6 Å². The highest BCUT2D eigenvalue weighted by Gasteiger charge is 2.31. The second-order valence-electron chi connectivity index (χ2n) is 5.62. The first-order chi connectivity index (χ1) is 8.58. The fourth-order valence-corrected chi connectivity index (χ4v) is 1.42. The molecule has 0 aliphatic rings. The molecule has 0 saturated heterocycles. The second kappa shape index (κ2) is 5.72. The highest BCUT2D eigenvalue weighted by molar-refractivity contribution is 5.79. The van der Waals surface area contributed by atoms with E-state index in [0.29, 0.717) is 12.6 Å². The Labute approximate surface area is 110 Å². The molecular weight excluding hydrogens is 258 g/mol. The summed E-state index contributed by atoms with van der Waals surface area (Å²) in [6, 6.07) is 2.41. The van der Waals surface area contributed by atoms with Gasteiger partial charge in [-0.3, -0.25) is 4.99 Å². The predicted octanol–water partition coefficient (Wildman–Crippen LogP) is 4.70. The summed E-state index contributed by atoms with van der Waals surface area (Å²) in [6.07, 6.45) is -2.45. The van der Waals surface area contributed by atoms with Crippen LogP contribution >= 0.6 is 0 Å². The molecule has 19 heavy (non-hydrogen) atoms. The minimum Gasteiger partial charge on any atom is -0.293 e. The summed E-state index contributed by atoms with van der Waals surface area (Å²) in [6.45, 7) is 6.65. The normalized spacial score (nSPS) is 13.2. The lowest BCUT2D eigenvalue weighted by Gasteiger charge is -2.15. The molecule has 0 N–H and O–H groups in total. The van der Waals surface area contributed by atoms with E-state index in [4.69, 9.17) is 0 Å². The van der Waals surface area contributed by atoms with Crippen molar-refractivity contribution < 1.29 is 17.6 Å². The number of nitrogens with zero attached hydrogens (tertiary/aromatic N) is 1. The first-order valence-electron chi connectivity index (χ1n) is 5.95. The number of aliphatic imine (C=N–C) groups is 1. The third-order valence-electron chi connectivity index (χ3n) is 2.48. The average Bonchev–Trinajstić information content (AvgIpc) is 2.21. The fourth-order valence-electron chi connectivity index (χ4n) is 1.42. The summed E-state index contributed by atoms with van der Waals surface area (Å²) in [5, 5.41) is 0. The van der Waals surface area contributed by atoms with Crippen molar-refractivity contribution in [3.8, 4) is 0 Å². The van der Waals surface area contributed by atoms with Crippen LogP contribution in [0.25, 0.3) is 0 Å². The summed E-state index contributed by atoms with van der Waals surface area (Å²) in [7, 11) is 0. The Morgan fingerprint density at radius 3 is 2.26 bits per heavy atom. The number of hydrogen-bond acceptors (Lipinski definition) is 1. The van der Waals surface area contributed by atoms with Crippen molar-refractivity contribution in [2.24, 2.45) is 10.4 Å². The first kappa shape index (κ1) is 15.7. The highest BCUT2D eigenvalue weighted by atomic mass is 19.4. The topological polar surface area (TPSA) is 12.4 Å². The van der Waals surface area contributed by atoms with Crippen LogP contribution in [0.15, 0.2) is 23.2 Å². The van der Waals surface area contributed by atoms with Gasteiger partial charge in [-0.05, 0) is 35.6 Å². The molecule has 0 aliphatic heterocycles. The molecule has 0 atom stereocenters. The zero-order valence-corrected chi connectivity index (χ0v) is 11.2. The molecule has 0 saturated carbocycles. The van der Waals surface area contributed by atoms with Gasteiger partial charge in [-0.1, -0.05) is 20.8 Å². The van der Waals surface area contributed by atoms with Crippen LogP contribution in [0.3, 0.4) is 0 Å². The molecule has 0 spiro atoms. The molecule has 0 amide bonds. The molecule has 5 heteroatoms. The summed E-state index contributed by atoms with van der Waals surface area (Å²) < 4.78 is 50.5. The van der Waals surface area contributed by atoms with Crippen molar-refractivity contribution in [1.82, 2.24) is 0 Å². The van der Waals surface area contributed by atoms with Crippen LogP contribution in [0.1, 0.15) is 38.3 Å². The standard InChI is InChI=1S/C14H17F4N/c1-13(2,3)4-5-19-9-10-6-11(14(16,17)18)8-12(15)7-10/h6-9H,4-5H2,1-3H3. The van der Waals surface area contributed by atoms with E-state index in [9.17, 15) is 17.6 Å². The number of halogens is 4. The number of alkyl halides is 3. The largest absolute Gasteiger partial charge is 0.416 e. The summed E-state index contributed by atoms with van der Waals surface area (Å²) >= 11 is 0. The molecule has 1 aromatic rings. The maximum Gasteiger partial charge on any atom is 0.416 e. The molecule has 1 nitrogen and oxygen atoms in total. The van der Waals surface area contributed by atoms with Crippen molar-refractivity contribution in [2.75, 3.05) is 6.54 Å². The maximum absolute atomic E-state index is 13.1. The molecule has 0 unspecified atom stereocenters. The Morgan fingerprint density at radius 1 is 1.11 bits per heavy atom. The van der Waals surface area contributed by atoms with Gasteiger partial charge in [-0.2, -0.15) is 13.2 Å². The Hall–Kier alpha value is -1.39. The Balaban J connectivity index is 2.79. The van der Waals surface area contributed by atoms with Crippen LogP contribution < -0.4 is 0 Å². The van der Waals surface area contributed by atoms with Gasteiger partial charge in [0.1, 0.15) is 5.82 Å². The van der Waals surface area contributed by atoms with Gasteiger partial charge in [0.2, 0.25) is 0 Å². The van der Waals surface area contributed by atoms with Crippen LogP contribution in [0.5, 0.6) is 0 Å². The summed E-state index contributed by atoms with van der Waals surface area (Å²) in [5.74, 6) is -0.910. The SMILES string of the molecule is CC(C)(C)CCN=Cc1cc(F)cc(C(F)(F)F)c1. The van der Waals surface area contributed by atoms with E-state index in [2.05, 4.69) is 4.99 Å². The maximum atomic E-state index is 13.1. The van der Waals surface area contributed by atoms with Crippen molar-refractivity contribution in [2.45, 2.75) is 33.4 Å². The van der Waals surface area contributed by atoms with Gasteiger partial charge in [0, 0.05) is 12.8 Å². The van der Waals surface area contributed by atoms with Crippen LogP contribution in [0, 0.1) is 11.2 Å². The minimum atomic E-state index is -4.55. The molecule has 106 valence electrons. The van der Waals surface area contributed by atoms with Crippen LogP contribution in [0.2, 0.25) is 0 Å². The molecule has 0 fully saturated rings. The predicted molar refractivity (Wildman–Crippen MR) is 67.9 cm³/mol. The van der Waals surface area contributed by atoms with E-state index in [1.807, 2.05) is 20.8 Å². The smallest absolute Gasteiger partial charge is 0.293 e. The van der Waals surface area contributed by atoms with E-state index in [1.54, 1.807) is 0 Å². The molecule has 0 aliphatic carbocycles. The third-order valence-corrected chi connectivity index (χ3v) is 2.48. The fraction of sp³-hybridized carbons (Fsp3) is 0.500. The lowest BCUT2D eigenvalue weighted by molar-refractivity contribution is -0.137. The Kier molecular flexibility index (Phi) is 4.71. The number of benzene rings is 1. The van der Waals surface area contributed by atoms with Crippen LogP contribution in [0.4, 0.5) is 17.6 Å². The Morgan fingerprint density at radius 2 is 1.74 bits per heavy atom. The number of rotatable bonds is 3. The average molecular weight is 275 g/mol. The van der Waals surface area contributed by atoms with E-state index < -0.39 is 17.6 Å². The van der Waals surface area contributed by atoms with Gasteiger partial charge in [-0.25, -0.2) is 4.39 Å². The summed E-state index contributed by atoms with van der Waals surface area (Å²) in [4.78, 5) is 4.03. The second-order valence-corrected chi connectivity index (χ2v) is 5.62. The zero-order chi connectivity index (χ0) is 14.7. The first-order valence-corrected chi connectivity index (χ1v) is 5.95. The molecule has 0 radical (unpaired) electrons. The van der Waals surface area contributed by atoms with Gasteiger partial charge >= 0.3 is 6.18 Å².